The number of carbonyl (C=O) groups excluding carboxylic acids is 2. The molecule has 0 fully saturated rings. The summed E-state index contributed by atoms with van der Waals surface area (Å²) in [6, 6.07) is 16.5. The van der Waals surface area contributed by atoms with Crippen LogP contribution in [0.3, 0.4) is 0 Å². The number of ether oxygens (including phenoxy) is 1. The maximum absolute atomic E-state index is 12.3. The number of aryl methyl sites for hydroxylation is 1. The third-order valence-corrected chi connectivity index (χ3v) is 5.60. The van der Waals surface area contributed by atoms with Crippen molar-refractivity contribution in [3.63, 3.8) is 0 Å². The first kappa shape index (κ1) is 28.4. The Bertz CT molecular complexity index is 848. The zero-order chi connectivity index (χ0) is 25.0. The fraction of sp³-hybridized carbons (Fsp3) is 0.517. The molecule has 0 aliphatic carbocycles. The SMILES string of the molecule is CCCC(=O)N(CC(C)=O)C(C)c1ccc(C(C)(C)C)cc1.CCCc1ccc(OC)cc1. The zero-order valence-corrected chi connectivity index (χ0v) is 21.9. The number of methoxy groups -OCH3 is 1. The van der Waals surface area contributed by atoms with E-state index in [1.807, 2.05) is 26.0 Å². The van der Waals surface area contributed by atoms with Crippen LogP contribution in [0.25, 0.3) is 0 Å². The van der Waals surface area contributed by atoms with E-state index in [1.165, 1.54) is 24.5 Å². The molecule has 0 spiro atoms. The largest absolute Gasteiger partial charge is 0.497 e. The molecule has 4 heteroatoms. The lowest BCUT2D eigenvalue weighted by Crippen LogP contribution is -2.37. The van der Waals surface area contributed by atoms with Crippen molar-refractivity contribution in [3.05, 3.63) is 65.2 Å². The van der Waals surface area contributed by atoms with E-state index in [9.17, 15) is 9.59 Å². The Kier molecular flexibility index (Phi) is 11.9. The molecule has 0 heterocycles. The molecule has 182 valence electrons. The normalized spacial score (nSPS) is 11.8. The van der Waals surface area contributed by atoms with Crippen molar-refractivity contribution in [1.82, 2.24) is 4.90 Å². The van der Waals surface area contributed by atoms with Gasteiger partial charge in [-0.05, 0) is 60.9 Å². The maximum Gasteiger partial charge on any atom is 0.223 e. The van der Waals surface area contributed by atoms with Gasteiger partial charge in [-0.2, -0.15) is 0 Å². The molecule has 33 heavy (non-hydrogen) atoms. The smallest absolute Gasteiger partial charge is 0.223 e. The van der Waals surface area contributed by atoms with Crippen LogP contribution in [-0.4, -0.2) is 30.2 Å². The molecule has 1 amide bonds. The minimum absolute atomic E-state index is 0.0163. The Morgan fingerprint density at radius 1 is 0.939 bits per heavy atom. The molecule has 2 aromatic carbocycles. The zero-order valence-electron chi connectivity index (χ0n) is 21.9. The summed E-state index contributed by atoms with van der Waals surface area (Å²) >= 11 is 0. The first-order chi connectivity index (χ1) is 15.5. The van der Waals surface area contributed by atoms with Crippen LogP contribution in [0.2, 0.25) is 0 Å². The number of hydrogen-bond donors (Lipinski definition) is 0. The molecule has 0 saturated carbocycles. The van der Waals surface area contributed by atoms with Gasteiger partial charge in [0.05, 0.1) is 19.7 Å². The highest BCUT2D eigenvalue weighted by molar-refractivity contribution is 5.84. The summed E-state index contributed by atoms with van der Waals surface area (Å²) in [5.41, 5.74) is 3.83. The topological polar surface area (TPSA) is 46.6 Å². The number of hydrogen-bond acceptors (Lipinski definition) is 3. The van der Waals surface area contributed by atoms with Crippen LogP contribution in [0, 0.1) is 0 Å². The number of ketones is 1. The molecule has 0 aliphatic heterocycles. The predicted octanol–water partition coefficient (Wildman–Crippen LogP) is 6.91. The van der Waals surface area contributed by atoms with Crippen molar-refractivity contribution in [2.45, 2.75) is 85.6 Å². The predicted molar refractivity (Wildman–Crippen MR) is 138 cm³/mol. The highest BCUT2D eigenvalue weighted by Gasteiger charge is 2.22. The fourth-order valence-corrected chi connectivity index (χ4v) is 3.56. The molecule has 0 saturated heterocycles. The van der Waals surface area contributed by atoms with Gasteiger partial charge in [-0.3, -0.25) is 9.59 Å². The van der Waals surface area contributed by atoms with Gasteiger partial charge in [-0.1, -0.05) is 77.4 Å². The summed E-state index contributed by atoms with van der Waals surface area (Å²) in [7, 11) is 1.69. The van der Waals surface area contributed by atoms with E-state index in [-0.39, 0.29) is 29.7 Å². The van der Waals surface area contributed by atoms with Crippen molar-refractivity contribution >= 4 is 11.7 Å². The van der Waals surface area contributed by atoms with Gasteiger partial charge in [0.1, 0.15) is 11.5 Å². The monoisotopic (exact) mass is 453 g/mol. The number of carbonyl (C=O) groups is 2. The Labute approximate surface area is 201 Å². The standard InChI is InChI=1S/C19H29NO2.C10H14O/c1-7-8-18(22)20(13-14(2)21)15(3)16-9-11-17(12-10-16)19(4,5)6;1-3-4-9-5-7-10(11-2)8-6-9/h9-12,15H,7-8,13H2,1-6H3;5-8H,3-4H2,1-2H3. The second-order valence-corrected chi connectivity index (χ2v) is 9.62. The van der Waals surface area contributed by atoms with Crippen molar-refractivity contribution in [3.8, 4) is 5.75 Å². The average molecular weight is 454 g/mol. The highest BCUT2D eigenvalue weighted by atomic mass is 16.5. The van der Waals surface area contributed by atoms with Crippen LogP contribution in [0.5, 0.6) is 5.75 Å². The van der Waals surface area contributed by atoms with Gasteiger partial charge >= 0.3 is 0 Å². The van der Waals surface area contributed by atoms with E-state index in [0.29, 0.717) is 6.42 Å². The third-order valence-electron chi connectivity index (χ3n) is 5.60. The first-order valence-corrected chi connectivity index (χ1v) is 12.1. The van der Waals surface area contributed by atoms with Gasteiger partial charge in [0.15, 0.2) is 0 Å². The molecule has 0 aromatic heterocycles. The van der Waals surface area contributed by atoms with Crippen LogP contribution in [0.1, 0.15) is 90.5 Å². The van der Waals surface area contributed by atoms with E-state index in [1.54, 1.807) is 12.0 Å². The summed E-state index contributed by atoms with van der Waals surface area (Å²) in [5, 5.41) is 0. The van der Waals surface area contributed by atoms with Crippen LogP contribution < -0.4 is 4.74 Å². The van der Waals surface area contributed by atoms with Crippen LogP contribution in [-0.2, 0) is 21.4 Å². The quantitative estimate of drug-likeness (QED) is 0.414. The fourth-order valence-electron chi connectivity index (χ4n) is 3.56. The Morgan fingerprint density at radius 3 is 1.94 bits per heavy atom. The number of rotatable bonds is 9. The minimum atomic E-state index is -0.0861. The molecule has 0 radical (unpaired) electrons. The van der Waals surface area contributed by atoms with Gasteiger partial charge < -0.3 is 9.64 Å². The number of Topliss-reactive ketones (excluding diaryl/α,β-unsaturated/α-hetero) is 1. The lowest BCUT2D eigenvalue weighted by atomic mass is 9.86. The van der Waals surface area contributed by atoms with Gasteiger partial charge in [-0.15, -0.1) is 0 Å². The molecular formula is C29H43NO3. The number of amides is 1. The third kappa shape index (κ3) is 9.81. The lowest BCUT2D eigenvalue weighted by molar-refractivity contribution is -0.137. The summed E-state index contributed by atoms with van der Waals surface area (Å²) in [5.74, 6) is 0.998. The van der Waals surface area contributed by atoms with E-state index in [4.69, 9.17) is 4.74 Å². The first-order valence-electron chi connectivity index (χ1n) is 12.1. The van der Waals surface area contributed by atoms with E-state index < -0.39 is 0 Å². The van der Waals surface area contributed by atoms with E-state index in [0.717, 1.165) is 24.2 Å². The van der Waals surface area contributed by atoms with E-state index in [2.05, 4.69) is 64.1 Å². The Hall–Kier alpha value is -2.62. The molecule has 2 rings (SSSR count). The molecule has 2 aromatic rings. The molecule has 4 nitrogen and oxygen atoms in total. The Morgan fingerprint density at radius 2 is 1.52 bits per heavy atom. The van der Waals surface area contributed by atoms with Crippen molar-refractivity contribution in [2.75, 3.05) is 13.7 Å². The summed E-state index contributed by atoms with van der Waals surface area (Å²) in [6.07, 6.45) is 3.64. The summed E-state index contributed by atoms with van der Waals surface area (Å²) < 4.78 is 5.05. The van der Waals surface area contributed by atoms with Gasteiger partial charge in [0.2, 0.25) is 5.91 Å². The number of nitrogens with zero attached hydrogens (tertiary/aromatic N) is 1. The lowest BCUT2D eigenvalue weighted by Gasteiger charge is -2.29. The number of benzene rings is 2. The second kappa shape index (κ2) is 13.8. The van der Waals surface area contributed by atoms with Crippen molar-refractivity contribution in [2.24, 2.45) is 0 Å². The van der Waals surface area contributed by atoms with Gasteiger partial charge in [0.25, 0.3) is 0 Å². The molecular weight excluding hydrogens is 410 g/mol. The molecule has 1 unspecified atom stereocenters. The van der Waals surface area contributed by atoms with Crippen LogP contribution >= 0.6 is 0 Å². The van der Waals surface area contributed by atoms with E-state index >= 15 is 0 Å². The van der Waals surface area contributed by atoms with Crippen molar-refractivity contribution in [1.29, 1.82) is 0 Å². The molecule has 0 aliphatic rings. The highest BCUT2D eigenvalue weighted by Crippen LogP contribution is 2.26. The second-order valence-electron chi connectivity index (χ2n) is 9.62. The van der Waals surface area contributed by atoms with Crippen LogP contribution in [0.4, 0.5) is 0 Å². The van der Waals surface area contributed by atoms with Crippen molar-refractivity contribution < 1.29 is 14.3 Å². The molecule has 0 N–H and O–H groups in total. The average Bonchev–Trinajstić information content (AvgIpc) is 2.78. The minimum Gasteiger partial charge on any atom is -0.497 e. The summed E-state index contributed by atoms with van der Waals surface area (Å²) in [6.45, 7) is 14.4. The molecule has 1 atom stereocenters. The van der Waals surface area contributed by atoms with Crippen LogP contribution in [0.15, 0.2) is 48.5 Å². The maximum atomic E-state index is 12.3. The molecule has 0 bridgehead atoms. The van der Waals surface area contributed by atoms with Gasteiger partial charge in [0, 0.05) is 6.42 Å². The van der Waals surface area contributed by atoms with Gasteiger partial charge in [-0.25, -0.2) is 0 Å². The summed E-state index contributed by atoms with van der Waals surface area (Å²) in [4.78, 5) is 25.5. The Balaban J connectivity index is 0.000000412.